The number of hydrogen-bond donors (Lipinski definition) is 1. The Morgan fingerprint density at radius 2 is 2.22 bits per heavy atom. The van der Waals surface area contributed by atoms with Crippen molar-refractivity contribution in [1.29, 1.82) is 0 Å². The molecule has 132 valence electrons. The van der Waals surface area contributed by atoms with Crippen molar-refractivity contribution in [3.05, 3.63) is 11.8 Å². The highest BCUT2D eigenvalue weighted by Gasteiger charge is 2.54. The van der Waals surface area contributed by atoms with E-state index in [9.17, 15) is 5.11 Å². The smallest absolute Gasteiger partial charge is 0.130 e. The number of ether oxygens (including phenoxy) is 1. The van der Waals surface area contributed by atoms with Crippen molar-refractivity contribution in [2.45, 2.75) is 78.4 Å². The van der Waals surface area contributed by atoms with E-state index in [0.717, 1.165) is 43.6 Å². The lowest BCUT2D eigenvalue weighted by Crippen LogP contribution is -2.44. The number of fused-ring (bicyclic) bond motifs is 1. The molecule has 1 aliphatic heterocycles. The Labute approximate surface area is 140 Å². The second-order valence-electron chi connectivity index (χ2n) is 7.79. The standard InChI is InChI=1S/C19H33NO3/c1-6-7-10-22-20-15-11-14(4)12-16-18(15)19(5,21)17(23-16)9-8-13(2)3/h9,13-14,16,18,21H,6-8,10-12H2,1-5H3/b17-9-,20-15+/t14-,16-,18+,19-/m0/s1. The Morgan fingerprint density at radius 1 is 1.48 bits per heavy atom. The summed E-state index contributed by atoms with van der Waals surface area (Å²) in [5.41, 5.74) is -0.0186. The van der Waals surface area contributed by atoms with Gasteiger partial charge in [0.05, 0.1) is 11.6 Å². The fourth-order valence-corrected chi connectivity index (χ4v) is 3.58. The molecule has 1 saturated heterocycles. The monoisotopic (exact) mass is 323 g/mol. The maximum absolute atomic E-state index is 11.1. The van der Waals surface area contributed by atoms with E-state index in [1.54, 1.807) is 0 Å². The SMILES string of the molecule is CCCCO/N=C1\C[C@H](C)C[C@@H]2O/C(=C\CC(C)C)[C@](C)(O)[C@H]12. The number of allylic oxidation sites excluding steroid dienone is 1. The van der Waals surface area contributed by atoms with Crippen LogP contribution in [0.15, 0.2) is 17.0 Å². The highest BCUT2D eigenvalue weighted by molar-refractivity contribution is 5.89. The average molecular weight is 323 g/mol. The van der Waals surface area contributed by atoms with Crippen LogP contribution in [0, 0.1) is 17.8 Å². The van der Waals surface area contributed by atoms with Crippen LogP contribution in [0.25, 0.3) is 0 Å². The summed E-state index contributed by atoms with van der Waals surface area (Å²) in [6, 6.07) is 0. The molecular formula is C19H33NO3. The third kappa shape index (κ3) is 4.28. The summed E-state index contributed by atoms with van der Waals surface area (Å²) in [7, 11) is 0. The Hall–Kier alpha value is -1.03. The van der Waals surface area contributed by atoms with Gasteiger partial charge in [0.15, 0.2) is 0 Å². The van der Waals surface area contributed by atoms with Gasteiger partial charge in [-0.15, -0.1) is 0 Å². The largest absolute Gasteiger partial charge is 0.491 e. The van der Waals surface area contributed by atoms with E-state index in [2.05, 4.69) is 38.9 Å². The fourth-order valence-electron chi connectivity index (χ4n) is 3.58. The summed E-state index contributed by atoms with van der Waals surface area (Å²) in [6.45, 7) is 11.2. The van der Waals surface area contributed by atoms with Crippen molar-refractivity contribution in [2.24, 2.45) is 22.9 Å². The summed E-state index contributed by atoms with van der Waals surface area (Å²) in [6.07, 6.45) is 6.94. The van der Waals surface area contributed by atoms with Crippen molar-refractivity contribution in [2.75, 3.05) is 6.61 Å². The predicted octanol–water partition coefficient (Wildman–Crippen LogP) is 4.29. The molecule has 0 radical (unpaired) electrons. The molecule has 1 saturated carbocycles. The minimum atomic E-state index is -0.980. The normalized spacial score (nSPS) is 37.3. The van der Waals surface area contributed by atoms with E-state index in [1.807, 2.05) is 6.92 Å². The number of unbranched alkanes of at least 4 members (excludes halogenated alkanes) is 1. The van der Waals surface area contributed by atoms with Crippen LogP contribution in [0.1, 0.15) is 66.7 Å². The van der Waals surface area contributed by atoms with E-state index in [-0.39, 0.29) is 12.0 Å². The van der Waals surface area contributed by atoms with Gasteiger partial charge in [0.1, 0.15) is 24.1 Å². The van der Waals surface area contributed by atoms with E-state index in [0.29, 0.717) is 18.4 Å². The zero-order chi connectivity index (χ0) is 17.0. The Morgan fingerprint density at radius 3 is 2.87 bits per heavy atom. The van der Waals surface area contributed by atoms with Gasteiger partial charge in [-0.1, -0.05) is 39.3 Å². The first-order valence-electron chi connectivity index (χ1n) is 9.14. The molecule has 1 aliphatic carbocycles. The first-order valence-corrected chi connectivity index (χ1v) is 9.14. The molecular weight excluding hydrogens is 290 g/mol. The second kappa shape index (κ2) is 7.69. The number of nitrogens with zero attached hydrogens (tertiary/aromatic N) is 1. The molecule has 0 aromatic heterocycles. The summed E-state index contributed by atoms with van der Waals surface area (Å²) in [5, 5.41) is 15.5. The van der Waals surface area contributed by atoms with Crippen LogP contribution in [0.5, 0.6) is 0 Å². The highest BCUT2D eigenvalue weighted by atomic mass is 16.6. The van der Waals surface area contributed by atoms with Crippen LogP contribution in [0.2, 0.25) is 0 Å². The first kappa shape index (κ1) is 18.3. The van der Waals surface area contributed by atoms with Crippen molar-refractivity contribution in [3.8, 4) is 0 Å². The molecule has 23 heavy (non-hydrogen) atoms. The zero-order valence-corrected chi connectivity index (χ0v) is 15.3. The van der Waals surface area contributed by atoms with Crippen LogP contribution < -0.4 is 0 Å². The number of oxime groups is 1. The van der Waals surface area contributed by atoms with Crippen molar-refractivity contribution in [1.82, 2.24) is 0 Å². The van der Waals surface area contributed by atoms with Crippen molar-refractivity contribution < 1.29 is 14.7 Å². The topological polar surface area (TPSA) is 51.0 Å². The van der Waals surface area contributed by atoms with Crippen LogP contribution in [0.3, 0.4) is 0 Å². The molecule has 0 aromatic rings. The van der Waals surface area contributed by atoms with Crippen molar-refractivity contribution in [3.63, 3.8) is 0 Å². The van der Waals surface area contributed by atoms with Crippen LogP contribution in [-0.2, 0) is 9.57 Å². The highest BCUT2D eigenvalue weighted by Crippen LogP contribution is 2.46. The van der Waals surface area contributed by atoms with Gasteiger partial charge in [0.25, 0.3) is 0 Å². The summed E-state index contributed by atoms with van der Waals surface area (Å²) < 4.78 is 6.13. The summed E-state index contributed by atoms with van der Waals surface area (Å²) >= 11 is 0. The lowest BCUT2D eigenvalue weighted by atomic mass is 9.72. The second-order valence-corrected chi connectivity index (χ2v) is 7.79. The maximum Gasteiger partial charge on any atom is 0.130 e. The molecule has 0 amide bonds. The van der Waals surface area contributed by atoms with Crippen LogP contribution in [0.4, 0.5) is 0 Å². The zero-order valence-electron chi connectivity index (χ0n) is 15.3. The molecule has 2 aliphatic rings. The molecule has 4 atom stereocenters. The molecule has 2 rings (SSSR count). The number of rotatable bonds is 6. The molecule has 1 heterocycles. The van der Waals surface area contributed by atoms with Gasteiger partial charge in [-0.25, -0.2) is 0 Å². The van der Waals surface area contributed by atoms with Gasteiger partial charge in [0.2, 0.25) is 0 Å². The average Bonchev–Trinajstić information content (AvgIpc) is 2.71. The lowest BCUT2D eigenvalue weighted by molar-refractivity contribution is 0.0645. The maximum atomic E-state index is 11.1. The Bertz CT molecular complexity index is 454. The van der Waals surface area contributed by atoms with Gasteiger partial charge in [-0.3, -0.25) is 0 Å². The third-order valence-corrected chi connectivity index (χ3v) is 4.85. The Balaban J connectivity index is 2.18. The molecule has 0 spiro atoms. The van der Waals surface area contributed by atoms with Gasteiger partial charge >= 0.3 is 0 Å². The molecule has 4 nitrogen and oxygen atoms in total. The minimum absolute atomic E-state index is 0.0145. The van der Waals surface area contributed by atoms with E-state index in [4.69, 9.17) is 9.57 Å². The molecule has 4 heteroatoms. The van der Waals surface area contributed by atoms with Crippen LogP contribution >= 0.6 is 0 Å². The summed E-state index contributed by atoms with van der Waals surface area (Å²) in [4.78, 5) is 5.50. The quantitative estimate of drug-likeness (QED) is 0.586. The van der Waals surface area contributed by atoms with Crippen molar-refractivity contribution >= 4 is 5.71 Å². The van der Waals surface area contributed by atoms with E-state index >= 15 is 0 Å². The third-order valence-electron chi connectivity index (χ3n) is 4.85. The summed E-state index contributed by atoms with van der Waals surface area (Å²) in [5.74, 6) is 1.69. The molecule has 1 N–H and O–H groups in total. The Kier molecular flexibility index (Phi) is 6.12. The number of hydrogen-bond acceptors (Lipinski definition) is 4. The molecule has 2 fully saturated rings. The van der Waals surface area contributed by atoms with Gasteiger partial charge in [-0.05, 0) is 50.5 Å². The minimum Gasteiger partial charge on any atom is -0.491 e. The van der Waals surface area contributed by atoms with E-state index < -0.39 is 5.60 Å². The van der Waals surface area contributed by atoms with E-state index in [1.165, 1.54) is 0 Å². The van der Waals surface area contributed by atoms with Gasteiger partial charge in [-0.2, -0.15) is 0 Å². The fraction of sp³-hybridized carbons (Fsp3) is 0.842. The molecule has 0 aromatic carbocycles. The number of aliphatic hydroxyl groups is 1. The van der Waals surface area contributed by atoms with Gasteiger partial charge < -0.3 is 14.7 Å². The first-order chi connectivity index (χ1) is 10.9. The lowest BCUT2D eigenvalue weighted by Gasteiger charge is -2.33. The van der Waals surface area contributed by atoms with Crippen LogP contribution in [-0.4, -0.2) is 29.1 Å². The molecule has 0 bridgehead atoms. The predicted molar refractivity (Wildman–Crippen MR) is 93.2 cm³/mol. The molecule has 0 unspecified atom stereocenters. The van der Waals surface area contributed by atoms with Gasteiger partial charge in [0, 0.05) is 0 Å².